The number of amides is 2. The number of nitrogens with one attached hydrogen (secondary N) is 1. The lowest BCUT2D eigenvalue weighted by molar-refractivity contribution is -0.140. The molecule has 3 aromatic rings. The number of benzene rings is 3. The van der Waals surface area contributed by atoms with Gasteiger partial charge in [0.15, 0.2) is 0 Å². The van der Waals surface area contributed by atoms with Gasteiger partial charge in [0.1, 0.15) is 5.82 Å². The van der Waals surface area contributed by atoms with Crippen molar-refractivity contribution in [3.8, 4) is 0 Å². The minimum Gasteiger partial charge on any atom is -0.378 e. The molecule has 0 bridgehead atoms. The fourth-order valence-electron chi connectivity index (χ4n) is 4.31. The van der Waals surface area contributed by atoms with E-state index in [-0.39, 0.29) is 16.5 Å². The number of halogens is 5. The highest BCUT2D eigenvalue weighted by Crippen LogP contribution is 2.35. The summed E-state index contributed by atoms with van der Waals surface area (Å²) in [5.41, 5.74) is 1.57. The maximum absolute atomic E-state index is 14.4. The Labute approximate surface area is 216 Å². The predicted octanol–water partition coefficient (Wildman–Crippen LogP) is 5.94. The third kappa shape index (κ3) is 5.72. The fraction of sp³-hybridized carbons (Fsp3) is 0.259. The summed E-state index contributed by atoms with van der Waals surface area (Å²) >= 11 is 6.34. The Morgan fingerprint density at radius 3 is 2.41 bits per heavy atom. The van der Waals surface area contributed by atoms with E-state index >= 15 is 0 Å². The van der Waals surface area contributed by atoms with Gasteiger partial charge in [0.25, 0.3) is 5.91 Å². The van der Waals surface area contributed by atoms with E-state index in [0.717, 1.165) is 28.9 Å². The van der Waals surface area contributed by atoms with Crippen molar-refractivity contribution in [3.63, 3.8) is 0 Å². The molecule has 0 saturated heterocycles. The first-order chi connectivity index (χ1) is 17.5. The zero-order valence-electron chi connectivity index (χ0n) is 20.1. The minimum atomic E-state index is -4.87. The van der Waals surface area contributed by atoms with Gasteiger partial charge in [0.05, 0.1) is 22.7 Å². The maximum Gasteiger partial charge on any atom is 0.419 e. The average molecular weight is 534 g/mol. The van der Waals surface area contributed by atoms with E-state index in [9.17, 15) is 27.2 Å². The van der Waals surface area contributed by atoms with E-state index in [2.05, 4.69) is 5.32 Å². The second-order valence-corrected chi connectivity index (χ2v) is 9.39. The van der Waals surface area contributed by atoms with Gasteiger partial charge in [-0.1, -0.05) is 29.8 Å². The van der Waals surface area contributed by atoms with Gasteiger partial charge in [-0.2, -0.15) is 13.2 Å². The van der Waals surface area contributed by atoms with Crippen LogP contribution in [-0.4, -0.2) is 37.4 Å². The standard InChI is InChI=1S/C27H24ClF4N3O2/c1-34(2)19-9-6-16(7-10-19)26(37)35-13-12-20-18(15-35)8-11-22(28)25(20)33-23(36)14-17-4-3-5-21(24(17)29)27(30,31)32/h3-11H,12-15H2,1-2H3,(H,33,36). The summed E-state index contributed by atoms with van der Waals surface area (Å²) in [5.74, 6) is -2.30. The third-order valence-electron chi connectivity index (χ3n) is 6.27. The van der Waals surface area contributed by atoms with Gasteiger partial charge in [-0.05, 0) is 59.5 Å². The van der Waals surface area contributed by atoms with E-state index < -0.39 is 29.9 Å². The van der Waals surface area contributed by atoms with Crippen LogP contribution in [-0.2, 0) is 30.4 Å². The normalized spacial score (nSPS) is 13.2. The van der Waals surface area contributed by atoms with Crippen molar-refractivity contribution in [1.82, 2.24) is 4.90 Å². The predicted molar refractivity (Wildman–Crippen MR) is 134 cm³/mol. The number of anilines is 2. The molecular formula is C27H24ClF4N3O2. The molecule has 37 heavy (non-hydrogen) atoms. The molecule has 2 amide bonds. The summed E-state index contributed by atoms with van der Waals surface area (Å²) in [6, 6.07) is 13.5. The molecular weight excluding hydrogens is 510 g/mol. The van der Waals surface area contributed by atoms with Crippen molar-refractivity contribution in [2.24, 2.45) is 0 Å². The number of carbonyl (C=O) groups is 2. The molecule has 0 spiro atoms. The molecule has 4 rings (SSSR count). The average Bonchev–Trinajstić information content (AvgIpc) is 2.85. The van der Waals surface area contributed by atoms with Crippen LogP contribution in [0.15, 0.2) is 54.6 Å². The lowest BCUT2D eigenvalue weighted by atomic mass is 9.96. The van der Waals surface area contributed by atoms with Crippen molar-refractivity contribution in [2.45, 2.75) is 25.6 Å². The number of fused-ring (bicyclic) bond motifs is 1. The Hall–Kier alpha value is -3.59. The van der Waals surface area contributed by atoms with Crippen LogP contribution < -0.4 is 10.2 Å². The highest BCUT2D eigenvalue weighted by atomic mass is 35.5. The topological polar surface area (TPSA) is 52.7 Å². The van der Waals surface area contributed by atoms with Crippen LogP contribution in [0.2, 0.25) is 5.02 Å². The van der Waals surface area contributed by atoms with Gasteiger partial charge in [-0.3, -0.25) is 9.59 Å². The molecule has 0 aliphatic carbocycles. The molecule has 0 saturated carbocycles. The van der Waals surface area contributed by atoms with Gasteiger partial charge >= 0.3 is 6.18 Å². The van der Waals surface area contributed by atoms with Crippen molar-refractivity contribution in [3.05, 3.63) is 93.3 Å². The van der Waals surface area contributed by atoms with Crippen LogP contribution in [0.1, 0.15) is 32.6 Å². The largest absolute Gasteiger partial charge is 0.419 e. The SMILES string of the molecule is CN(C)c1ccc(C(=O)N2CCc3c(ccc(Cl)c3NC(=O)Cc3cccc(C(F)(F)F)c3F)C2)cc1. The van der Waals surface area contributed by atoms with E-state index in [1.807, 2.05) is 31.1 Å². The summed E-state index contributed by atoms with van der Waals surface area (Å²) in [7, 11) is 3.83. The number of nitrogens with zero attached hydrogens (tertiary/aromatic N) is 2. The molecule has 1 aliphatic heterocycles. The van der Waals surface area contributed by atoms with Crippen molar-refractivity contribution in [2.75, 3.05) is 30.9 Å². The zero-order chi connectivity index (χ0) is 26.9. The monoisotopic (exact) mass is 533 g/mol. The molecule has 5 nitrogen and oxygen atoms in total. The van der Waals surface area contributed by atoms with Crippen LogP contribution in [0.25, 0.3) is 0 Å². The molecule has 1 heterocycles. The van der Waals surface area contributed by atoms with Crippen LogP contribution in [0.4, 0.5) is 28.9 Å². The summed E-state index contributed by atoms with van der Waals surface area (Å²) in [4.78, 5) is 29.4. The minimum absolute atomic E-state index is 0.128. The lowest BCUT2D eigenvalue weighted by Gasteiger charge is -2.31. The molecule has 0 fully saturated rings. The Bertz CT molecular complexity index is 1340. The van der Waals surface area contributed by atoms with E-state index in [1.54, 1.807) is 29.2 Å². The third-order valence-corrected chi connectivity index (χ3v) is 6.58. The van der Waals surface area contributed by atoms with Gasteiger partial charge in [-0.25, -0.2) is 4.39 Å². The number of rotatable bonds is 5. The van der Waals surface area contributed by atoms with E-state index in [4.69, 9.17) is 11.6 Å². The van der Waals surface area contributed by atoms with Crippen molar-refractivity contribution >= 4 is 34.8 Å². The summed E-state index contributed by atoms with van der Waals surface area (Å²) < 4.78 is 53.4. The van der Waals surface area contributed by atoms with Gasteiger partial charge in [0, 0.05) is 38.4 Å². The molecule has 0 atom stereocenters. The van der Waals surface area contributed by atoms with Gasteiger partial charge < -0.3 is 15.1 Å². The summed E-state index contributed by atoms with van der Waals surface area (Å²) in [6.45, 7) is 0.679. The van der Waals surface area contributed by atoms with Crippen LogP contribution in [0, 0.1) is 5.82 Å². The van der Waals surface area contributed by atoms with Crippen LogP contribution >= 0.6 is 11.6 Å². The second kappa shape index (κ2) is 10.4. The number of alkyl halides is 3. The zero-order valence-corrected chi connectivity index (χ0v) is 20.9. The molecule has 0 radical (unpaired) electrons. The second-order valence-electron chi connectivity index (χ2n) is 8.98. The Kier molecular flexibility index (Phi) is 7.45. The van der Waals surface area contributed by atoms with E-state index in [1.165, 1.54) is 0 Å². The first kappa shape index (κ1) is 26.5. The maximum atomic E-state index is 14.4. The highest BCUT2D eigenvalue weighted by molar-refractivity contribution is 6.34. The van der Waals surface area contributed by atoms with Crippen molar-refractivity contribution < 1.29 is 27.2 Å². The fourth-order valence-corrected chi connectivity index (χ4v) is 4.54. The highest BCUT2D eigenvalue weighted by Gasteiger charge is 2.35. The van der Waals surface area contributed by atoms with Gasteiger partial charge in [-0.15, -0.1) is 0 Å². The smallest absolute Gasteiger partial charge is 0.378 e. The number of hydrogen-bond acceptors (Lipinski definition) is 3. The molecule has 3 aromatic carbocycles. The summed E-state index contributed by atoms with van der Waals surface area (Å²) in [6.07, 6.45) is -5.05. The summed E-state index contributed by atoms with van der Waals surface area (Å²) in [5, 5.41) is 2.88. The van der Waals surface area contributed by atoms with E-state index in [0.29, 0.717) is 36.8 Å². The van der Waals surface area contributed by atoms with Crippen molar-refractivity contribution in [1.29, 1.82) is 0 Å². The number of carbonyl (C=O) groups excluding carboxylic acids is 2. The Morgan fingerprint density at radius 2 is 1.76 bits per heavy atom. The Morgan fingerprint density at radius 1 is 1.05 bits per heavy atom. The quantitative estimate of drug-likeness (QED) is 0.413. The van der Waals surface area contributed by atoms with Gasteiger partial charge in [0.2, 0.25) is 5.91 Å². The molecule has 1 aliphatic rings. The Balaban J connectivity index is 1.50. The molecule has 0 aromatic heterocycles. The first-order valence-corrected chi connectivity index (χ1v) is 11.8. The lowest BCUT2D eigenvalue weighted by Crippen LogP contribution is -2.36. The molecule has 1 N–H and O–H groups in total. The molecule has 0 unspecified atom stereocenters. The number of hydrogen-bond donors (Lipinski definition) is 1. The van der Waals surface area contributed by atoms with Crippen LogP contribution in [0.3, 0.4) is 0 Å². The molecule has 10 heteroatoms. The van der Waals surface area contributed by atoms with Crippen LogP contribution in [0.5, 0.6) is 0 Å². The molecule has 194 valence electrons. The first-order valence-electron chi connectivity index (χ1n) is 11.5.